The van der Waals surface area contributed by atoms with Crippen LogP contribution in [0.2, 0.25) is 0 Å². The Bertz CT molecular complexity index is 633. The zero-order valence-corrected chi connectivity index (χ0v) is 14.8. The second kappa shape index (κ2) is 5.66. The van der Waals surface area contributed by atoms with E-state index in [0.717, 1.165) is 30.8 Å². The smallest absolute Gasteiger partial charge is 0.325 e. The minimum absolute atomic E-state index is 0.0524. The number of anilines is 1. The Morgan fingerprint density at radius 1 is 1.21 bits per heavy atom. The SMILES string of the molecule is COc1ccccc1N1CC2(CC3CCC(C2)N3)N(C(C)C)C1=O. The Kier molecular flexibility index (Phi) is 3.71. The fourth-order valence-electron chi connectivity index (χ4n) is 5.13. The molecule has 2 unspecified atom stereocenters. The van der Waals surface area contributed by atoms with Crippen molar-refractivity contribution >= 4 is 11.7 Å². The minimum atomic E-state index is -0.0524. The number of rotatable bonds is 3. The van der Waals surface area contributed by atoms with E-state index < -0.39 is 0 Å². The number of benzene rings is 1. The summed E-state index contributed by atoms with van der Waals surface area (Å²) in [6.45, 7) is 5.03. The largest absolute Gasteiger partial charge is 0.495 e. The number of nitrogens with zero attached hydrogens (tertiary/aromatic N) is 2. The molecular weight excluding hydrogens is 302 g/mol. The summed E-state index contributed by atoms with van der Waals surface area (Å²) in [6.07, 6.45) is 4.58. The molecule has 0 saturated carbocycles. The number of carbonyl (C=O) groups excluding carboxylic acids is 1. The van der Waals surface area contributed by atoms with Gasteiger partial charge in [0.25, 0.3) is 0 Å². The van der Waals surface area contributed by atoms with E-state index in [1.54, 1.807) is 7.11 Å². The molecule has 1 aromatic rings. The third-order valence-corrected chi connectivity index (χ3v) is 5.88. The van der Waals surface area contributed by atoms with Crippen molar-refractivity contribution in [3.05, 3.63) is 24.3 Å². The Morgan fingerprint density at radius 2 is 1.88 bits per heavy atom. The fraction of sp³-hybridized carbons (Fsp3) is 0.632. The van der Waals surface area contributed by atoms with E-state index in [1.807, 2.05) is 29.2 Å². The molecule has 3 aliphatic heterocycles. The Morgan fingerprint density at radius 3 is 2.50 bits per heavy atom. The van der Waals surface area contributed by atoms with Crippen molar-refractivity contribution in [1.29, 1.82) is 0 Å². The first-order valence-corrected chi connectivity index (χ1v) is 9.04. The van der Waals surface area contributed by atoms with E-state index in [1.165, 1.54) is 12.8 Å². The monoisotopic (exact) mass is 329 g/mol. The zero-order valence-electron chi connectivity index (χ0n) is 14.8. The first-order valence-electron chi connectivity index (χ1n) is 9.04. The number of piperidine rings is 1. The standard InChI is InChI=1S/C19H27N3O2/c1-13(2)22-18(23)21(16-6-4-5-7-17(16)24-3)12-19(22)10-14-8-9-15(11-19)20-14/h4-7,13-15,20H,8-12H2,1-3H3. The van der Waals surface area contributed by atoms with E-state index in [2.05, 4.69) is 24.1 Å². The van der Waals surface area contributed by atoms with Gasteiger partial charge < -0.3 is 15.0 Å². The third-order valence-electron chi connectivity index (χ3n) is 5.88. The van der Waals surface area contributed by atoms with E-state index >= 15 is 0 Å². The summed E-state index contributed by atoms with van der Waals surface area (Å²) in [4.78, 5) is 17.4. The summed E-state index contributed by atoms with van der Waals surface area (Å²) in [7, 11) is 1.67. The van der Waals surface area contributed by atoms with Crippen LogP contribution >= 0.6 is 0 Å². The number of urea groups is 1. The van der Waals surface area contributed by atoms with Gasteiger partial charge in [0, 0.05) is 18.1 Å². The van der Waals surface area contributed by atoms with Crippen molar-refractivity contribution in [1.82, 2.24) is 10.2 Å². The lowest BCUT2D eigenvalue weighted by Crippen LogP contribution is -2.59. The van der Waals surface area contributed by atoms with Gasteiger partial charge >= 0.3 is 6.03 Å². The Balaban J connectivity index is 1.73. The molecule has 3 heterocycles. The van der Waals surface area contributed by atoms with Gasteiger partial charge in [-0.15, -0.1) is 0 Å². The molecule has 2 amide bonds. The molecule has 24 heavy (non-hydrogen) atoms. The topological polar surface area (TPSA) is 44.8 Å². The molecule has 1 N–H and O–H groups in total. The summed E-state index contributed by atoms with van der Waals surface area (Å²) in [5, 5.41) is 3.71. The first kappa shape index (κ1) is 15.8. The van der Waals surface area contributed by atoms with Crippen LogP contribution < -0.4 is 15.0 Å². The summed E-state index contributed by atoms with van der Waals surface area (Å²) >= 11 is 0. The number of carbonyl (C=O) groups is 1. The predicted molar refractivity (Wildman–Crippen MR) is 94.6 cm³/mol. The van der Waals surface area contributed by atoms with Gasteiger partial charge in [0.05, 0.1) is 24.9 Å². The highest BCUT2D eigenvalue weighted by Gasteiger charge is 2.56. The van der Waals surface area contributed by atoms with Crippen LogP contribution in [0.25, 0.3) is 0 Å². The Labute approximate surface area is 144 Å². The van der Waals surface area contributed by atoms with Gasteiger partial charge in [0.1, 0.15) is 5.75 Å². The maximum atomic E-state index is 13.3. The summed E-state index contributed by atoms with van der Waals surface area (Å²) < 4.78 is 5.51. The molecule has 5 nitrogen and oxygen atoms in total. The van der Waals surface area contributed by atoms with Gasteiger partial charge in [-0.25, -0.2) is 4.79 Å². The van der Waals surface area contributed by atoms with Crippen molar-refractivity contribution in [3.63, 3.8) is 0 Å². The molecule has 130 valence electrons. The molecule has 3 aliphatic rings. The number of nitrogens with one attached hydrogen (secondary N) is 1. The van der Waals surface area contributed by atoms with E-state index in [9.17, 15) is 4.79 Å². The number of methoxy groups -OCH3 is 1. The lowest BCUT2D eigenvalue weighted by Gasteiger charge is -2.45. The van der Waals surface area contributed by atoms with E-state index in [-0.39, 0.29) is 17.6 Å². The van der Waals surface area contributed by atoms with Crippen molar-refractivity contribution < 1.29 is 9.53 Å². The molecule has 0 aromatic heterocycles. The maximum Gasteiger partial charge on any atom is 0.325 e. The van der Waals surface area contributed by atoms with Crippen LogP contribution in [0.4, 0.5) is 10.5 Å². The van der Waals surface area contributed by atoms with Gasteiger partial charge in [-0.3, -0.25) is 4.90 Å². The number of para-hydroxylation sites is 2. The zero-order chi connectivity index (χ0) is 16.9. The lowest BCUT2D eigenvalue weighted by atomic mass is 9.82. The molecule has 0 aliphatic carbocycles. The minimum Gasteiger partial charge on any atom is -0.495 e. The highest BCUT2D eigenvalue weighted by Crippen LogP contribution is 2.45. The van der Waals surface area contributed by atoms with Crippen molar-refractivity contribution in [2.24, 2.45) is 0 Å². The molecular formula is C19H27N3O2. The second-order valence-corrected chi connectivity index (χ2v) is 7.77. The van der Waals surface area contributed by atoms with Crippen LogP contribution in [0.5, 0.6) is 5.75 Å². The van der Waals surface area contributed by atoms with Gasteiger partial charge in [-0.05, 0) is 51.7 Å². The first-order chi connectivity index (χ1) is 11.5. The number of fused-ring (bicyclic) bond motifs is 2. The quantitative estimate of drug-likeness (QED) is 0.927. The lowest BCUT2D eigenvalue weighted by molar-refractivity contribution is 0.0832. The van der Waals surface area contributed by atoms with Crippen molar-refractivity contribution in [2.75, 3.05) is 18.6 Å². The van der Waals surface area contributed by atoms with E-state index in [0.29, 0.717) is 12.1 Å². The number of hydrogen-bond donors (Lipinski definition) is 1. The fourth-order valence-corrected chi connectivity index (χ4v) is 5.13. The Hall–Kier alpha value is -1.75. The molecule has 0 radical (unpaired) electrons. The average Bonchev–Trinajstić information content (AvgIpc) is 3.04. The maximum absolute atomic E-state index is 13.3. The molecule has 3 fully saturated rings. The molecule has 2 atom stereocenters. The van der Waals surface area contributed by atoms with Crippen LogP contribution in [0, 0.1) is 0 Å². The van der Waals surface area contributed by atoms with Crippen LogP contribution in [0.1, 0.15) is 39.5 Å². The van der Waals surface area contributed by atoms with Crippen molar-refractivity contribution in [3.8, 4) is 5.75 Å². The molecule has 1 spiro atoms. The van der Waals surface area contributed by atoms with Gasteiger partial charge in [0.2, 0.25) is 0 Å². The van der Waals surface area contributed by atoms with Crippen LogP contribution in [0.3, 0.4) is 0 Å². The van der Waals surface area contributed by atoms with Crippen LogP contribution in [0.15, 0.2) is 24.3 Å². The summed E-state index contributed by atoms with van der Waals surface area (Å²) in [5.41, 5.74) is 0.835. The molecule has 3 saturated heterocycles. The average molecular weight is 329 g/mol. The predicted octanol–water partition coefficient (Wildman–Crippen LogP) is 3.00. The molecule has 4 rings (SSSR count). The molecule has 5 heteroatoms. The number of amides is 2. The van der Waals surface area contributed by atoms with Crippen molar-refractivity contribution in [2.45, 2.75) is 63.2 Å². The summed E-state index contributed by atoms with van der Waals surface area (Å²) in [5.74, 6) is 0.767. The van der Waals surface area contributed by atoms with Crippen LogP contribution in [-0.2, 0) is 0 Å². The number of hydrogen-bond acceptors (Lipinski definition) is 3. The van der Waals surface area contributed by atoms with Gasteiger partial charge in [-0.2, -0.15) is 0 Å². The van der Waals surface area contributed by atoms with Crippen LogP contribution in [-0.4, -0.2) is 48.3 Å². The second-order valence-electron chi connectivity index (χ2n) is 7.77. The molecule has 2 bridgehead atoms. The normalized spacial score (nSPS) is 32.2. The third kappa shape index (κ3) is 2.29. The molecule has 1 aromatic carbocycles. The van der Waals surface area contributed by atoms with Gasteiger partial charge in [0.15, 0.2) is 0 Å². The highest BCUT2D eigenvalue weighted by atomic mass is 16.5. The summed E-state index contributed by atoms with van der Waals surface area (Å²) in [6, 6.07) is 9.27. The van der Waals surface area contributed by atoms with E-state index in [4.69, 9.17) is 4.74 Å². The highest BCUT2D eigenvalue weighted by molar-refractivity contribution is 5.97. The van der Waals surface area contributed by atoms with Gasteiger partial charge in [-0.1, -0.05) is 12.1 Å². The number of ether oxygens (including phenoxy) is 1.